The highest BCUT2D eigenvalue weighted by atomic mass is 16.2. The third kappa shape index (κ3) is 7.43. The average molecular weight is 687 g/mol. The molecule has 0 saturated carbocycles. The number of carbonyl (C=O) groups is 4. The van der Waals surface area contributed by atoms with Gasteiger partial charge in [0.1, 0.15) is 0 Å². The monoisotopic (exact) mass is 686 g/mol. The Kier molecular flexibility index (Phi) is 10.4. The Bertz CT molecular complexity index is 1880. The van der Waals surface area contributed by atoms with Crippen LogP contribution in [0.4, 0.5) is 22.7 Å². The molecule has 2 atom stereocenters. The number of nitrogens with one attached hydrogen (secondary N) is 2. The summed E-state index contributed by atoms with van der Waals surface area (Å²) in [6, 6.07) is 21.9. The minimum absolute atomic E-state index is 0.0951. The van der Waals surface area contributed by atoms with Crippen molar-refractivity contribution in [3.05, 3.63) is 117 Å². The standard InChI is InChI=1S/C41H46N6O4/c1-5-30-16-28(13-24(3)38(30)46-36(48)20-34(40(46)50)44-22-26-9-7-11-32(42)18-26)15-29-14-25(4)39(31(6-2)17-29)47-37(49)21-35(41(47)51)45-23-27-10-8-12-33(43)19-27/h7-14,16-19,34-35,44-45H,5-6,15,20-23,42-43H2,1-4H3. The van der Waals surface area contributed by atoms with Crippen molar-refractivity contribution >= 4 is 46.4 Å². The summed E-state index contributed by atoms with van der Waals surface area (Å²) in [5, 5.41) is 6.50. The summed E-state index contributed by atoms with van der Waals surface area (Å²) in [6.45, 7) is 8.80. The van der Waals surface area contributed by atoms with Crippen LogP contribution in [0.2, 0.25) is 0 Å². The molecule has 2 unspecified atom stereocenters. The summed E-state index contributed by atoms with van der Waals surface area (Å²) < 4.78 is 0. The molecule has 10 nitrogen and oxygen atoms in total. The van der Waals surface area contributed by atoms with Crippen molar-refractivity contribution in [1.29, 1.82) is 0 Å². The lowest BCUT2D eigenvalue weighted by Gasteiger charge is -2.24. The maximum atomic E-state index is 13.6. The second-order valence-corrected chi connectivity index (χ2v) is 13.6. The van der Waals surface area contributed by atoms with Gasteiger partial charge in [0.15, 0.2) is 0 Å². The second kappa shape index (κ2) is 14.9. The number of benzene rings is 4. The Morgan fingerprint density at radius 2 is 1.02 bits per heavy atom. The highest BCUT2D eigenvalue weighted by Gasteiger charge is 2.42. The van der Waals surface area contributed by atoms with Crippen LogP contribution in [0.25, 0.3) is 0 Å². The number of anilines is 4. The predicted octanol–water partition coefficient (Wildman–Crippen LogP) is 5.03. The molecule has 264 valence electrons. The van der Waals surface area contributed by atoms with E-state index in [0.717, 1.165) is 44.5 Å². The number of amides is 4. The molecule has 0 spiro atoms. The molecular weight excluding hydrogens is 640 g/mol. The predicted molar refractivity (Wildman–Crippen MR) is 201 cm³/mol. The maximum absolute atomic E-state index is 13.6. The van der Waals surface area contributed by atoms with Crippen LogP contribution >= 0.6 is 0 Å². The van der Waals surface area contributed by atoms with Crippen LogP contribution in [0.5, 0.6) is 0 Å². The van der Waals surface area contributed by atoms with Gasteiger partial charge in [0, 0.05) is 24.5 Å². The highest BCUT2D eigenvalue weighted by Crippen LogP contribution is 2.35. The number of imide groups is 2. The fourth-order valence-corrected chi connectivity index (χ4v) is 7.43. The summed E-state index contributed by atoms with van der Waals surface area (Å²) in [7, 11) is 0. The molecule has 4 aromatic rings. The highest BCUT2D eigenvalue weighted by molar-refractivity contribution is 6.24. The molecule has 51 heavy (non-hydrogen) atoms. The first-order valence-corrected chi connectivity index (χ1v) is 17.6. The largest absolute Gasteiger partial charge is 0.399 e. The molecule has 4 aromatic carbocycles. The first-order chi connectivity index (χ1) is 24.5. The smallest absolute Gasteiger partial charge is 0.251 e. The Hall–Kier alpha value is -5.32. The third-order valence-corrected chi connectivity index (χ3v) is 9.80. The summed E-state index contributed by atoms with van der Waals surface area (Å²) >= 11 is 0. The summed E-state index contributed by atoms with van der Waals surface area (Å²) in [5.41, 5.74) is 22.0. The molecule has 0 bridgehead atoms. The van der Waals surface area contributed by atoms with Gasteiger partial charge < -0.3 is 22.1 Å². The van der Waals surface area contributed by atoms with Crippen LogP contribution < -0.4 is 31.9 Å². The van der Waals surface area contributed by atoms with Gasteiger partial charge in [-0.2, -0.15) is 0 Å². The van der Waals surface area contributed by atoms with E-state index >= 15 is 0 Å². The van der Waals surface area contributed by atoms with Gasteiger partial charge in [0.2, 0.25) is 11.8 Å². The number of rotatable bonds is 12. The number of carbonyl (C=O) groups excluding carboxylic acids is 4. The summed E-state index contributed by atoms with van der Waals surface area (Å²) in [6.07, 6.45) is 2.09. The lowest BCUT2D eigenvalue weighted by atomic mass is 9.93. The number of hydrogen-bond acceptors (Lipinski definition) is 8. The Labute approximate surface area is 299 Å². The first kappa shape index (κ1) is 35.5. The van der Waals surface area contributed by atoms with Crippen molar-refractivity contribution in [2.45, 2.75) is 85.0 Å². The molecule has 2 heterocycles. The van der Waals surface area contributed by atoms with Gasteiger partial charge in [-0.25, -0.2) is 9.80 Å². The van der Waals surface area contributed by atoms with Crippen LogP contribution in [0.1, 0.15) is 71.2 Å². The average Bonchev–Trinajstić information content (AvgIpc) is 3.53. The molecule has 2 aliphatic rings. The zero-order valence-electron chi connectivity index (χ0n) is 29.7. The Balaban J connectivity index is 1.19. The van der Waals surface area contributed by atoms with E-state index in [1.165, 1.54) is 9.80 Å². The molecule has 10 heteroatoms. The van der Waals surface area contributed by atoms with Gasteiger partial charge in [0.25, 0.3) is 11.8 Å². The molecule has 0 radical (unpaired) electrons. The van der Waals surface area contributed by atoms with Gasteiger partial charge in [-0.05, 0) is 102 Å². The molecule has 4 amide bonds. The number of hydrogen-bond donors (Lipinski definition) is 4. The van der Waals surface area contributed by atoms with Crippen molar-refractivity contribution in [2.75, 3.05) is 21.3 Å². The van der Waals surface area contributed by atoms with E-state index in [2.05, 4.69) is 22.8 Å². The van der Waals surface area contributed by atoms with Crippen molar-refractivity contribution < 1.29 is 19.2 Å². The second-order valence-electron chi connectivity index (χ2n) is 13.6. The molecule has 2 saturated heterocycles. The number of nitrogens with zero attached hydrogens (tertiary/aromatic N) is 2. The van der Waals surface area contributed by atoms with E-state index < -0.39 is 12.1 Å². The quantitative estimate of drug-likeness (QED) is 0.120. The van der Waals surface area contributed by atoms with Crippen LogP contribution in [-0.4, -0.2) is 35.7 Å². The van der Waals surface area contributed by atoms with Crippen molar-refractivity contribution in [3.8, 4) is 0 Å². The van der Waals surface area contributed by atoms with Gasteiger partial charge in [-0.15, -0.1) is 0 Å². The van der Waals surface area contributed by atoms with Crippen molar-refractivity contribution in [2.24, 2.45) is 0 Å². The van der Waals surface area contributed by atoms with Gasteiger partial charge in [0.05, 0.1) is 36.3 Å². The van der Waals surface area contributed by atoms with Crippen LogP contribution in [0.3, 0.4) is 0 Å². The van der Waals surface area contributed by atoms with Gasteiger partial charge in [-0.1, -0.05) is 62.4 Å². The van der Waals surface area contributed by atoms with E-state index in [0.29, 0.717) is 55.1 Å². The van der Waals surface area contributed by atoms with Crippen LogP contribution in [0, 0.1) is 13.8 Å². The Morgan fingerprint density at radius 3 is 1.39 bits per heavy atom. The van der Waals surface area contributed by atoms with Crippen LogP contribution in [0.15, 0.2) is 72.8 Å². The van der Waals surface area contributed by atoms with Crippen LogP contribution in [-0.2, 0) is 51.5 Å². The zero-order valence-corrected chi connectivity index (χ0v) is 29.7. The van der Waals surface area contributed by atoms with Gasteiger partial charge in [-0.3, -0.25) is 19.2 Å². The molecular formula is C41H46N6O4. The van der Waals surface area contributed by atoms with E-state index in [4.69, 9.17) is 11.5 Å². The molecule has 0 aromatic heterocycles. The van der Waals surface area contributed by atoms with E-state index in [1.807, 2.05) is 88.4 Å². The topological polar surface area (TPSA) is 151 Å². The normalized spacial score (nSPS) is 17.6. The minimum Gasteiger partial charge on any atom is -0.399 e. The fraction of sp³-hybridized carbons (Fsp3) is 0.317. The fourth-order valence-electron chi connectivity index (χ4n) is 7.43. The Morgan fingerprint density at radius 1 is 0.608 bits per heavy atom. The number of aryl methyl sites for hydroxylation is 4. The lowest BCUT2D eigenvalue weighted by molar-refractivity contribution is -0.123. The van der Waals surface area contributed by atoms with E-state index in [1.54, 1.807) is 0 Å². The molecule has 6 rings (SSSR count). The minimum atomic E-state index is -0.611. The summed E-state index contributed by atoms with van der Waals surface area (Å²) in [4.78, 5) is 56.4. The SMILES string of the molecule is CCc1cc(Cc2cc(C)c(N3C(=O)CC(NCc4cccc(N)c4)C3=O)c(CC)c2)cc(C)c1N1C(=O)CC(NCc2cccc(N)c2)C1=O. The first-order valence-electron chi connectivity index (χ1n) is 17.6. The lowest BCUT2D eigenvalue weighted by Crippen LogP contribution is -2.39. The summed E-state index contributed by atoms with van der Waals surface area (Å²) in [5.74, 6) is -0.937. The third-order valence-electron chi connectivity index (χ3n) is 9.80. The molecule has 2 fully saturated rings. The molecule has 0 aliphatic carbocycles. The number of nitrogen functional groups attached to an aromatic ring is 2. The van der Waals surface area contributed by atoms with E-state index in [9.17, 15) is 19.2 Å². The zero-order chi connectivity index (χ0) is 36.4. The molecule has 6 N–H and O–H groups in total. The van der Waals surface area contributed by atoms with Crippen molar-refractivity contribution in [1.82, 2.24) is 10.6 Å². The maximum Gasteiger partial charge on any atom is 0.251 e. The molecule has 2 aliphatic heterocycles. The number of nitrogens with two attached hydrogens (primary N) is 2. The van der Waals surface area contributed by atoms with E-state index in [-0.39, 0.29) is 36.5 Å². The van der Waals surface area contributed by atoms with Crippen molar-refractivity contribution in [3.63, 3.8) is 0 Å². The van der Waals surface area contributed by atoms with Gasteiger partial charge >= 0.3 is 0 Å².